The molecule has 0 bridgehead atoms. The number of aliphatic hydroxyl groups is 1. The van der Waals surface area contributed by atoms with E-state index in [0.29, 0.717) is 0 Å². The van der Waals surface area contributed by atoms with Crippen molar-refractivity contribution in [3.8, 4) is 0 Å². The number of carbonyl (C=O) groups is 1. The fourth-order valence-corrected chi connectivity index (χ4v) is 4.98. The van der Waals surface area contributed by atoms with Crippen LogP contribution in [0.15, 0.2) is 35.0 Å². The van der Waals surface area contributed by atoms with Gasteiger partial charge in [0.25, 0.3) is 0 Å². The molecular weight excluding hydrogens is 314 g/mol. The second-order valence-corrected chi connectivity index (χ2v) is 8.10. The first-order valence-corrected chi connectivity index (χ1v) is 9.39. The third-order valence-electron chi connectivity index (χ3n) is 4.53. The monoisotopic (exact) mass is 335 g/mol. The SMILES string of the molecule is C[C@@](O)(CNC(=O)C1(c2cccs2)CCCC1)c1cccs1. The topological polar surface area (TPSA) is 49.3 Å². The maximum absolute atomic E-state index is 12.9. The molecule has 1 saturated carbocycles. The zero-order chi connectivity index (χ0) is 15.6. The van der Waals surface area contributed by atoms with E-state index in [0.717, 1.165) is 35.4 Å². The van der Waals surface area contributed by atoms with Gasteiger partial charge in [0.05, 0.1) is 12.0 Å². The van der Waals surface area contributed by atoms with Gasteiger partial charge >= 0.3 is 0 Å². The summed E-state index contributed by atoms with van der Waals surface area (Å²) < 4.78 is 0. The molecule has 1 amide bonds. The highest BCUT2D eigenvalue weighted by Crippen LogP contribution is 2.43. The maximum Gasteiger partial charge on any atom is 0.231 e. The van der Waals surface area contributed by atoms with Gasteiger partial charge in [-0.15, -0.1) is 22.7 Å². The van der Waals surface area contributed by atoms with Crippen molar-refractivity contribution < 1.29 is 9.90 Å². The molecule has 0 unspecified atom stereocenters. The minimum Gasteiger partial charge on any atom is -0.383 e. The predicted octanol–water partition coefficient (Wildman–Crippen LogP) is 3.65. The Morgan fingerprint density at radius 1 is 1.27 bits per heavy atom. The largest absolute Gasteiger partial charge is 0.383 e. The van der Waals surface area contributed by atoms with Gasteiger partial charge in [0.1, 0.15) is 5.60 Å². The van der Waals surface area contributed by atoms with Crippen LogP contribution in [0.25, 0.3) is 0 Å². The lowest BCUT2D eigenvalue weighted by Gasteiger charge is -2.29. The van der Waals surface area contributed by atoms with E-state index in [1.165, 1.54) is 11.3 Å². The number of thiophene rings is 2. The standard InChI is InChI=1S/C17H21NO2S2/c1-16(20,13-6-4-10-21-13)12-18-15(19)17(8-2-3-9-17)14-7-5-11-22-14/h4-7,10-11,20H,2-3,8-9,12H2,1H3,(H,18,19)/t16-/m1/s1. The number of hydrogen-bond donors (Lipinski definition) is 2. The van der Waals surface area contributed by atoms with Crippen LogP contribution in [0.1, 0.15) is 42.4 Å². The summed E-state index contributed by atoms with van der Waals surface area (Å²) in [4.78, 5) is 14.9. The fraction of sp³-hybridized carbons (Fsp3) is 0.471. The van der Waals surface area contributed by atoms with E-state index < -0.39 is 5.60 Å². The van der Waals surface area contributed by atoms with E-state index in [9.17, 15) is 9.90 Å². The average Bonchev–Trinajstić information content (AvgIpc) is 3.27. The summed E-state index contributed by atoms with van der Waals surface area (Å²) in [7, 11) is 0. The molecule has 2 aromatic rings. The molecule has 0 saturated heterocycles. The Bertz CT molecular complexity index is 611. The van der Waals surface area contributed by atoms with Crippen LogP contribution >= 0.6 is 22.7 Å². The van der Waals surface area contributed by atoms with Crippen molar-refractivity contribution in [3.05, 3.63) is 44.8 Å². The van der Waals surface area contributed by atoms with Crippen molar-refractivity contribution in [3.63, 3.8) is 0 Å². The first kappa shape index (κ1) is 15.7. The second kappa shape index (κ2) is 6.14. The summed E-state index contributed by atoms with van der Waals surface area (Å²) in [6, 6.07) is 7.89. The Morgan fingerprint density at radius 3 is 2.55 bits per heavy atom. The number of nitrogens with one attached hydrogen (secondary N) is 1. The normalized spacial score (nSPS) is 19.7. The summed E-state index contributed by atoms with van der Waals surface area (Å²) in [5.41, 5.74) is -1.40. The number of carbonyl (C=O) groups excluding carboxylic acids is 1. The third-order valence-corrected chi connectivity index (χ3v) is 6.73. The maximum atomic E-state index is 12.9. The van der Waals surface area contributed by atoms with Crippen molar-refractivity contribution in [2.75, 3.05) is 6.54 Å². The molecule has 118 valence electrons. The first-order chi connectivity index (χ1) is 10.5. The number of rotatable bonds is 5. The van der Waals surface area contributed by atoms with Gasteiger partial charge in [-0.2, -0.15) is 0 Å². The molecule has 22 heavy (non-hydrogen) atoms. The Morgan fingerprint density at radius 2 is 1.95 bits per heavy atom. The van der Waals surface area contributed by atoms with Crippen molar-refractivity contribution in [1.29, 1.82) is 0 Å². The zero-order valence-corrected chi connectivity index (χ0v) is 14.3. The number of hydrogen-bond acceptors (Lipinski definition) is 4. The molecule has 3 nitrogen and oxygen atoms in total. The molecular formula is C17H21NO2S2. The molecule has 2 aromatic heterocycles. The molecule has 1 aliphatic rings. The lowest BCUT2D eigenvalue weighted by Crippen LogP contribution is -2.46. The molecule has 2 N–H and O–H groups in total. The molecule has 0 aromatic carbocycles. The van der Waals surface area contributed by atoms with E-state index in [1.54, 1.807) is 18.3 Å². The second-order valence-electron chi connectivity index (χ2n) is 6.20. The van der Waals surface area contributed by atoms with Gasteiger partial charge in [-0.3, -0.25) is 4.79 Å². The number of amides is 1. The average molecular weight is 335 g/mol. The molecule has 0 spiro atoms. The quantitative estimate of drug-likeness (QED) is 0.876. The molecule has 0 aliphatic heterocycles. The Labute approximate surface area is 139 Å². The summed E-state index contributed by atoms with van der Waals surface area (Å²) in [6.45, 7) is 2.01. The van der Waals surface area contributed by atoms with Crippen molar-refractivity contribution >= 4 is 28.6 Å². The van der Waals surface area contributed by atoms with Gasteiger partial charge in [0.15, 0.2) is 0 Å². The Balaban J connectivity index is 1.73. The van der Waals surface area contributed by atoms with Crippen LogP contribution in [-0.2, 0) is 15.8 Å². The third kappa shape index (κ3) is 2.85. The van der Waals surface area contributed by atoms with Crippen LogP contribution in [0.5, 0.6) is 0 Å². The summed E-state index contributed by atoms with van der Waals surface area (Å²) in [5.74, 6) is 0.0595. The van der Waals surface area contributed by atoms with Crippen LogP contribution < -0.4 is 5.32 Å². The molecule has 3 rings (SSSR count). The highest BCUT2D eigenvalue weighted by atomic mass is 32.1. The first-order valence-electron chi connectivity index (χ1n) is 7.63. The Kier molecular flexibility index (Phi) is 4.39. The molecule has 1 fully saturated rings. The van der Waals surface area contributed by atoms with Crippen LogP contribution in [0.3, 0.4) is 0 Å². The van der Waals surface area contributed by atoms with Crippen LogP contribution in [0.4, 0.5) is 0 Å². The van der Waals surface area contributed by atoms with Gasteiger partial charge in [0.2, 0.25) is 5.91 Å². The van der Waals surface area contributed by atoms with E-state index >= 15 is 0 Å². The van der Waals surface area contributed by atoms with Gasteiger partial charge < -0.3 is 10.4 Å². The molecule has 1 aliphatic carbocycles. The van der Waals surface area contributed by atoms with Gasteiger partial charge in [-0.1, -0.05) is 25.0 Å². The van der Waals surface area contributed by atoms with E-state index in [1.807, 2.05) is 29.0 Å². The molecule has 2 heterocycles. The summed E-state index contributed by atoms with van der Waals surface area (Å²) in [5, 5.41) is 17.6. The fourth-order valence-electron chi connectivity index (χ4n) is 3.21. The van der Waals surface area contributed by atoms with E-state index in [-0.39, 0.29) is 17.9 Å². The van der Waals surface area contributed by atoms with Crippen LogP contribution in [-0.4, -0.2) is 17.6 Å². The Hall–Kier alpha value is -1.17. The molecule has 0 radical (unpaired) electrons. The highest BCUT2D eigenvalue weighted by Gasteiger charge is 2.44. The smallest absolute Gasteiger partial charge is 0.231 e. The summed E-state index contributed by atoms with van der Waals surface area (Å²) in [6.07, 6.45) is 3.99. The van der Waals surface area contributed by atoms with Crippen LogP contribution in [0.2, 0.25) is 0 Å². The van der Waals surface area contributed by atoms with Gasteiger partial charge in [-0.05, 0) is 42.7 Å². The van der Waals surface area contributed by atoms with Gasteiger partial charge in [0, 0.05) is 9.75 Å². The molecule has 5 heteroatoms. The van der Waals surface area contributed by atoms with Gasteiger partial charge in [-0.25, -0.2) is 0 Å². The van der Waals surface area contributed by atoms with Crippen molar-refractivity contribution in [2.24, 2.45) is 0 Å². The van der Waals surface area contributed by atoms with E-state index in [2.05, 4.69) is 11.4 Å². The lowest BCUT2D eigenvalue weighted by molar-refractivity contribution is -0.127. The van der Waals surface area contributed by atoms with Crippen molar-refractivity contribution in [2.45, 2.75) is 43.6 Å². The van der Waals surface area contributed by atoms with Crippen molar-refractivity contribution in [1.82, 2.24) is 5.32 Å². The highest BCUT2D eigenvalue weighted by molar-refractivity contribution is 7.10. The van der Waals surface area contributed by atoms with E-state index in [4.69, 9.17) is 0 Å². The summed E-state index contributed by atoms with van der Waals surface area (Å²) >= 11 is 3.17. The van der Waals surface area contributed by atoms with Crippen LogP contribution in [0, 0.1) is 0 Å². The predicted molar refractivity (Wildman–Crippen MR) is 91.4 cm³/mol. The zero-order valence-electron chi connectivity index (χ0n) is 12.7. The minimum absolute atomic E-state index is 0.0595. The minimum atomic E-state index is -1.01. The lowest BCUT2D eigenvalue weighted by atomic mass is 9.83. The molecule has 1 atom stereocenters.